The molecule has 1 aliphatic heterocycles. The van der Waals surface area contributed by atoms with Gasteiger partial charge in [0.05, 0.1) is 18.7 Å². The number of aryl methyl sites for hydroxylation is 1. The number of carbonyl (C=O) groups is 1. The molecule has 10 heteroatoms. The number of hydrogen-bond donors (Lipinski definition) is 0. The van der Waals surface area contributed by atoms with Gasteiger partial charge in [0, 0.05) is 39.4 Å². The molecule has 0 atom stereocenters. The molecule has 1 aliphatic rings. The molecule has 3 aromatic rings. The molecule has 27 heavy (non-hydrogen) atoms. The summed E-state index contributed by atoms with van der Waals surface area (Å²) < 4.78 is 8.20. The number of rotatable bonds is 4. The van der Waals surface area contributed by atoms with Gasteiger partial charge in [-0.15, -0.1) is 15.3 Å². The number of fused-ring (bicyclic) bond motifs is 1. The molecular formula is C17H19N7O3. The van der Waals surface area contributed by atoms with Crippen molar-refractivity contribution in [3.8, 4) is 5.75 Å². The van der Waals surface area contributed by atoms with Crippen LogP contribution in [0.4, 0.5) is 5.82 Å². The van der Waals surface area contributed by atoms with Gasteiger partial charge in [-0.2, -0.15) is 4.52 Å². The van der Waals surface area contributed by atoms with Gasteiger partial charge in [0.15, 0.2) is 5.65 Å². The van der Waals surface area contributed by atoms with Crippen molar-refractivity contribution in [2.45, 2.75) is 6.04 Å². The molecule has 0 unspecified atom stereocenters. The van der Waals surface area contributed by atoms with E-state index in [1.165, 1.54) is 23.9 Å². The Bertz CT molecular complexity index is 1070. The van der Waals surface area contributed by atoms with E-state index in [9.17, 15) is 9.59 Å². The summed E-state index contributed by atoms with van der Waals surface area (Å²) in [6, 6.07) is 5.11. The summed E-state index contributed by atoms with van der Waals surface area (Å²) in [7, 11) is 4.81. The van der Waals surface area contributed by atoms with Gasteiger partial charge in [0.25, 0.3) is 11.5 Å². The molecular weight excluding hydrogens is 350 g/mol. The summed E-state index contributed by atoms with van der Waals surface area (Å²) in [5.41, 5.74) is 0.825. The highest BCUT2D eigenvalue weighted by Gasteiger charge is 2.34. The number of likely N-dealkylation sites (N-methyl/N-ethyl adjacent to an activating group) is 1. The average molecular weight is 369 g/mol. The molecule has 3 aromatic heterocycles. The molecule has 0 bridgehead atoms. The molecule has 0 saturated carbocycles. The van der Waals surface area contributed by atoms with Crippen LogP contribution in [0.2, 0.25) is 0 Å². The van der Waals surface area contributed by atoms with Crippen molar-refractivity contribution in [1.82, 2.24) is 29.3 Å². The Labute approximate surface area is 154 Å². The number of aromatic nitrogens is 5. The van der Waals surface area contributed by atoms with Crippen LogP contribution in [0.3, 0.4) is 0 Å². The maximum absolute atomic E-state index is 12.9. The van der Waals surface area contributed by atoms with Crippen LogP contribution in [0.25, 0.3) is 5.65 Å². The third-order valence-electron chi connectivity index (χ3n) is 4.84. The Hall–Kier alpha value is -3.43. The molecule has 0 aliphatic carbocycles. The lowest BCUT2D eigenvalue weighted by atomic mass is 10.1. The van der Waals surface area contributed by atoms with Crippen LogP contribution in [0.1, 0.15) is 10.4 Å². The number of nitrogens with zero attached hydrogens (tertiary/aromatic N) is 7. The summed E-state index contributed by atoms with van der Waals surface area (Å²) in [6.45, 7) is 1.33. The standard InChI is InChI=1S/C17H19N7O3/c1-21-9-12(13(27-3)6-16(21)25)17(26)22(2)11-7-23(8-11)15-5-4-14-19-18-10-24(14)20-15/h4-6,9-11H,7-8H2,1-3H3. The Morgan fingerprint density at radius 2 is 2.11 bits per heavy atom. The van der Waals surface area contributed by atoms with Gasteiger partial charge >= 0.3 is 0 Å². The molecule has 0 N–H and O–H groups in total. The second-order valence-corrected chi connectivity index (χ2v) is 6.50. The summed E-state index contributed by atoms with van der Waals surface area (Å²) in [5.74, 6) is 0.902. The molecule has 4 heterocycles. The third-order valence-corrected chi connectivity index (χ3v) is 4.84. The summed E-state index contributed by atoms with van der Waals surface area (Å²) >= 11 is 0. The zero-order valence-electron chi connectivity index (χ0n) is 15.2. The highest BCUT2D eigenvalue weighted by molar-refractivity contribution is 5.96. The molecule has 1 amide bonds. The minimum Gasteiger partial charge on any atom is -0.496 e. The molecule has 10 nitrogen and oxygen atoms in total. The monoisotopic (exact) mass is 369 g/mol. The van der Waals surface area contributed by atoms with E-state index in [2.05, 4.69) is 20.2 Å². The van der Waals surface area contributed by atoms with Crippen LogP contribution < -0.4 is 15.2 Å². The van der Waals surface area contributed by atoms with Crippen LogP contribution in [0.5, 0.6) is 5.75 Å². The Kier molecular flexibility index (Phi) is 4.02. The first-order valence-corrected chi connectivity index (χ1v) is 8.42. The van der Waals surface area contributed by atoms with Crippen molar-refractivity contribution in [3.05, 3.63) is 46.6 Å². The first-order valence-electron chi connectivity index (χ1n) is 8.42. The molecule has 0 spiro atoms. The van der Waals surface area contributed by atoms with Gasteiger partial charge in [-0.25, -0.2) is 0 Å². The fourth-order valence-corrected chi connectivity index (χ4v) is 3.07. The van der Waals surface area contributed by atoms with Gasteiger partial charge in [-0.05, 0) is 12.1 Å². The predicted octanol–water partition coefficient (Wildman–Crippen LogP) is -0.208. The van der Waals surface area contributed by atoms with Gasteiger partial charge in [-0.3, -0.25) is 9.59 Å². The van der Waals surface area contributed by atoms with Gasteiger partial charge in [0.2, 0.25) is 0 Å². The van der Waals surface area contributed by atoms with E-state index in [-0.39, 0.29) is 23.3 Å². The van der Waals surface area contributed by atoms with Crippen molar-refractivity contribution < 1.29 is 9.53 Å². The highest BCUT2D eigenvalue weighted by atomic mass is 16.5. The lowest BCUT2D eigenvalue weighted by Gasteiger charge is -2.44. The fraction of sp³-hybridized carbons (Fsp3) is 0.353. The second-order valence-electron chi connectivity index (χ2n) is 6.50. The average Bonchev–Trinajstić information content (AvgIpc) is 3.09. The van der Waals surface area contributed by atoms with E-state index < -0.39 is 0 Å². The van der Waals surface area contributed by atoms with E-state index in [0.29, 0.717) is 24.3 Å². The summed E-state index contributed by atoms with van der Waals surface area (Å²) in [5, 5.41) is 12.2. The molecule has 1 fully saturated rings. The topological polar surface area (TPSA) is 97.9 Å². The van der Waals surface area contributed by atoms with Crippen LogP contribution in [0.15, 0.2) is 35.5 Å². The Morgan fingerprint density at radius 1 is 1.33 bits per heavy atom. The van der Waals surface area contributed by atoms with Crippen LogP contribution >= 0.6 is 0 Å². The van der Waals surface area contributed by atoms with Crippen molar-refractivity contribution in [3.63, 3.8) is 0 Å². The normalized spacial score (nSPS) is 14.3. The van der Waals surface area contributed by atoms with Crippen molar-refractivity contribution in [1.29, 1.82) is 0 Å². The van der Waals surface area contributed by atoms with Crippen LogP contribution in [-0.2, 0) is 7.05 Å². The van der Waals surface area contributed by atoms with E-state index in [1.54, 1.807) is 29.8 Å². The predicted molar refractivity (Wildman–Crippen MR) is 97.1 cm³/mol. The largest absolute Gasteiger partial charge is 0.496 e. The zero-order chi connectivity index (χ0) is 19.1. The van der Waals surface area contributed by atoms with Crippen LogP contribution in [-0.4, -0.2) is 68.5 Å². The van der Waals surface area contributed by atoms with E-state index in [1.807, 2.05) is 12.1 Å². The van der Waals surface area contributed by atoms with Crippen molar-refractivity contribution >= 4 is 17.4 Å². The number of hydrogen-bond acceptors (Lipinski definition) is 7. The SMILES string of the molecule is COc1cc(=O)n(C)cc1C(=O)N(C)C1CN(c2ccc3nncn3n2)C1. The first kappa shape index (κ1) is 17.0. The van der Waals surface area contributed by atoms with Crippen molar-refractivity contribution in [2.24, 2.45) is 7.05 Å². The Morgan fingerprint density at radius 3 is 2.85 bits per heavy atom. The van der Waals surface area contributed by atoms with Crippen molar-refractivity contribution in [2.75, 3.05) is 32.1 Å². The lowest BCUT2D eigenvalue weighted by molar-refractivity contribution is 0.0700. The van der Waals surface area contributed by atoms with E-state index in [4.69, 9.17) is 4.74 Å². The molecule has 4 rings (SSSR count). The number of amides is 1. The summed E-state index contributed by atoms with van der Waals surface area (Å²) in [6.07, 6.45) is 3.07. The highest BCUT2D eigenvalue weighted by Crippen LogP contribution is 2.24. The number of ether oxygens (including phenoxy) is 1. The molecule has 0 radical (unpaired) electrons. The first-order chi connectivity index (χ1) is 13.0. The Balaban J connectivity index is 1.48. The van der Waals surface area contributed by atoms with Gasteiger partial charge in [-0.1, -0.05) is 0 Å². The maximum Gasteiger partial charge on any atom is 0.259 e. The number of anilines is 1. The fourth-order valence-electron chi connectivity index (χ4n) is 3.07. The third kappa shape index (κ3) is 2.88. The maximum atomic E-state index is 12.9. The second kappa shape index (κ2) is 6.38. The quantitative estimate of drug-likeness (QED) is 0.628. The smallest absolute Gasteiger partial charge is 0.259 e. The molecule has 140 valence electrons. The number of pyridine rings is 1. The minimum atomic E-state index is -0.226. The number of methoxy groups -OCH3 is 1. The summed E-state index contributed by atoms with van der Waals surface area (Å²) in [4.78, 5) is 28.4. The van der Waals surface area contributed by atoms with E-state index >= 15 is 0 Å². The lowest BCUT2D eigenvalue weighted by Crippen LogP contribution is -2.60. The molecule has 1 saturated heterocycles. The van der Waals surface area contributed by atoms with Gasteiger partial charge in [0.1, 0.15) is 17.9 Å². The number of carbonyl (C=O) groups excluding carboxylic acids is 1. The van der Waals surface area contributed by atoms with Crippen LogP contribution in [0, 0.1) is 0 Å². The zero-order valence-corrected chi connectivity index (χ0v) is 15.2. The van der Waals surface area contributed by atoms with Gasteiger partial charge < -0.3 is 19.1 Å². The molecule has 0 aromatic carbocycles. The van der Waals surface area contributed by atoms with E-state index in [0.717, 1.165) is 5.82 Å². The minimum absolute atomic E-state index is 0.0397.